The summed E-state index contributed by atoms with van der Waals surface area (Å²) < 4.78 is 0. The molecule has 2 rings (SSSR count). The molecule has 1 aliphatic heterocycles. The quantitative estimate of drug-likeness (QED) is 0.868. The van der Waals surface area contributed by atoms with Crippen LogP contribution in [0.15, 0.2) is 5.38 Å². The van der Waals surface area contributed by atoms with E-state index in [4.69, 9.17) is 5.11 Å². The highest BCUT2D eigenvalue weighted by Gasteiger charge is 2.20. The van der Waals surface area contributed by atoms with Crippen LogP contribution in [0.4, 0.5) is 0 Å². The molecule has 1 aliphatic rings. The molecule has 0 saturated carbocycles. The lowest BCUT2D eigenvalue weighted by molar-refractivity contribution is -0.136. The van der Waals surface area contributed by atoms with Crippen LogP contribution < -0.4 is 0 Å². The Kier molecular flexibility index (Phi) is 4.12. The van der Waals surface area contributed by atoms with Gasteiger partial charge in [-0.1, -0.05) is 0 Å². The molecule has 1 fully saturated rings. The monoisotopic (exact) mass is 254 g/mol. The average Bonchev–Trinajstić information content (AvgIpc) is 2.86. The highest BCUT2D eigenvalue weighted by atomic mass is 32.1. The van der Waals surface area contributed by atoms with Crippen LogP contribution >= 0.6 is 11.3 Å². The van der Waals surface area contributed by atoms with Crippen molar-refractivity contribution in [3.63, 3.8) is 0 Å². The maximum absolute atomic E-state index is 10.5. The third-order valence-corrected chi connectivity index (χ3v) is 4.07. The Morgan fingerprint density at radius 1 is 1.71 bits per heavy atom. The first-order chi connectivity index (χ1) is 8.13. The van der Waals surface area contributed by atoms with Gasteiger partial charge in [0.05, 0.1) is 17.1 Å². The van der Waals surface area contributed by atoms with Crippen LogP contribution in [0.5, 0.6) is 0 Å². The third-order valence-electron chi connectivity index (χ3n) is 3.15. The van der Waals surface area contributed by atoms with Crippen molar-refractivity contribution < 1.29 is 9.90 Å². The molecular weight excluding hydrogens is 236 g/mol. The van der Waals surface area contributed by atoms with Gasteiger partial charge in [-0.15, -0.1) is 11.3 Å². The Labute approximate surface area is 105 Å². The molecule has 1 aromatic rings. The first-order valence-corrected chi connectivity index (χ1v) is 6.85. The normalized spacial score (nSPS) is 20.9. The molecule has 17 heavy (non-hydrogen) atoms. The number of thiazole rings is 1. The number of aliphatic carboxylic acids is 1. The zero-order valence-electron chi connectivity index (χ0n) is 10.1. The summed E-state index contributed by atoms with van der Waals surface area (Å²) in [5.74, 6) is -0.0320. The van der Waals surface area contributed by atoms with Gasteiger partial charge in [0.25, 0.3) is 0 Å². The predicted molar refractivity (Wildman–Crippen MR) is 67.4 cm³/mol. The molecule has 5 heteroatoms. The van der Waals surface area contributed by atoms with E-state index in [0.29, 0.717) is 6.42 Å². The molecule has 0 bridgehead atoms. The molecule has 1 N–H and O–H groups in total. The van der Waals surface area contributed by atoms with E-state index >= 15 is 0 Å². The highest BCUT2D eigenvalue weighted by molar-refractivity contribution is 7.09. The van der Waals surface area contributed by atoms with Gasteiger partial charge in [-0.05, 0) is 25.9 Å². The van der Waals surface area contributed by atoms with Crippen molar-refractivity contribution in [2.24, 2.45) is 5.92 Å². The van der Waals surface area contributed by atoms with Crippen molar-refractivity contribution in [2.45, 2.75) is 25.7 Å². The number of hydrogen-bond acceptors (Lipinski definition) is 4. The fourth-order valence-electron chi connectivity index (χ4n) is 2.23. The minimum Gasteiger partial charge on any atom is -0.481 e. The van der Waals surface area contributed by atoms with Gasteiger partial charge < -0.3 is 10.0 Å². The van der Waals surface area contributed by atoms with Gasteiger partial charge in [-0.2, -0.15) is 0 Å². The van der Waals surface area contributed by atoms with E-state index < -0.39 is 5.97 Å². The van der Waals surface area contributed by atoms with E-state index in [0.717, 1.165) is 29.6 Å². The molecular formula is C12H18N2O2S. The van der Waals surface area contributed by atoms with Crippen LogP contribution in [0.1, 0.15) is 23.5 Å². The number of likely N-dealkylation sites (tertiary alicyclic amines) is 1. The maximum Gasteiger partial charge on any atom is 0.303 e. The summed E-state index contributed by atoms with van der Waals surface area (Å²) in [6.45, 7) is 2.34. The number of aryl methyl sites for hydroxylation is 1. The molecule has 1 atom stereocenters. The van der Waals surface area contributed by atoms with Crippen LogP contribution in [0.3, 0.4) is 0 Å². The van der Waals surface area contributed by atoms with Crippen molar-refractivity contribution in [1.29, 1.82) is 0 Å². The summed E-state index contributed by atoms with van der Waals surface area (Å²) in [5, 5.41) is 11.8. The number of rotatable bonds is 5. The van der Waals surface area contributed by atoms with Crippen LogP contribution in [0.25, 0.3) is 0 Å². The number of nitrogens with zero attached hydrogens (tertiary/aromatic N) is 2. The molecule has 0 radical (unpaired) electrons. The predicted octanol–water partition coefficient (Wildman–Crippen LogP) is 1.65. The van der Waals surface area contributed by atoms with Gasteiger partial charge in [0.1, 0.15) is 0 Å². The standard InChI is InChI=1S/C12H18N2O2S/c1-14-5-4-9(7-14)6-11-13-10(8-17-11)2-3-12(15)16/h8-9H,2-7H2,1H3,(H,15,16). The van der Waals surface area contributed by atoms with Gasteiger partial charge in [-0.3, -0.25) is 4.79 Å². The van der Waals surface area contributed by atoms with E-state index in [9.17, 15) is 4.79 Å². The summed E-state index contributed by atoms with van der Waals surface area (Å²) in [4.78, 5) is 17.3. The largest absolute Gasteiger partial charge is 0.481 e. The number of carbonyl (C=O) groups is 1. The van der Waals surface area contributed by atoms with Gasteiger partial charge in [-0.25, -0.2) is 4.98 Å². The summed E-state index contributed by atoms with van der Waals surface area (Å²) in [5.41, 5.74) is 0.929. The first kappa shape index (κ1) is 12.5. The Morgan fingerprint density at radius 2 is 2.53 bits per heavy atom. The number of hydrogen-bond donors (Lipinski definition) is 1. The summed E-state index contributed by atoms with van der Waals surface area (Å²) >= 11 is 1.67. The van der Waals surface area contributed by atoms with Gasteiger partial charge in [0.15, 0.2) is 0 Å². The summed E-state index contributed by atoms with van der Waals surface area (Å²) in [6, 6.07) is 0. The molecule has 4 nitrogen and oxygen atoms in total. The van der Waals surface area contributed by atoms with Crippen molar-refractivity contribution in [2.75, 3.05) is 20.1 Å². The number of carboxylic acid groups (broad SMARTS) is 1. The van der Waals surface area contributed by atoms with Gasteiger partial charge in [0.2, 0.25) is 0 Å². The van der Waals surface area contributed by atoms with Crippen molar-refractivity contribution in [3.8, 4) is 0 Å². The molecule has 0 amide bonds. The zero-order chi connectivity index (χ0) is 12.3. The van der Waals surface area contributed by atoms with Crippen LogP contribution in [-0.4, -0.2) is 41.1 Å². The van der Waals surface area contributed by atoms with Crippen molar-refractivity contribution >= 4 is 17.3 Å². The lowest BCUT2D eigenvalue weighted by Gasteiger charge is -2.07. The Hall–Kier alpha value is -0.940. The second-order valence-electron chi connectivity index (χ2n) is 4.75. The number of carboxylic acids is 1. The number of aromatic nitrogens is 1. The lowest BCUT2D eigenvalue weighted by atomic mass is 10.1. The molecule has 94 valence electrons. The second kappa shape index (κ2) is 5.60. The van der Waals surface area contributed by atoms with Crippen LogP contribution in [0.2, 0.25) is 0 Å². The molecule has 2 heterocycles. The van der Waals surface area contributed by atoms with E-state index in [-0.39, 0.29) is 6.42 Å². The van der Waals surface area contributed by atoms with E-state index in [2.05, 4.69) is 16.9 Å². The third kappa shape index (κ3) is 3.78. The van der Waals surface area contributed by atoms with E-state index in [1.165, 1.54) is 13.0 Å². The fourth-order valence-corrected chi connectivity index (χ4v) is 3.18. The fraction of sp³-hybridized carbons (Fsp3) is 0.667. The highest BCUT2D eigenvalue weighted by Crippen LogP contribution is 2.22. The van der Waals surface area contributed by atoms with Crippen molar-refractivity contribution in [1.82, 2.24) is 9.88 Å². The smallest absolute Gasteiger partial charge is 0.303 e. The van der Waals surface area contributed by atoms with Crippen molar-refractivity contribution in [3.05, 3.63) is 16.1 Å². The molecule has 1 unspecified atom stereocenters. The summed E-state index contributed by atoms with van der Waals surface area (Å²) in [7, 11) is 2.15. The summed E-state index contributed by atoms with van der Waals surface area (Å²) in [6.07, 6.45) is 3.02. The zero-order valence-corrected chi connectivity index (χ0v) is 10.9. The lowest BCUT2D eigenvalue weighted by Crippen LogP contribution is -2.14. The van der Waals surface area contributed by atoms with E-state index in [1.54, 1.807) is 11.3 Å². The van der Waals surface area contributed by atoms with Crippen LogP contribution in [-0.2, 0) is 17.6 Å². The topological polar surface area (TPSA) is 53.4 Å². The van der Waals surface area contributed by atoms with Gasteiger partial charge >= 0.3 is 5.97 Å². The Balaban J connectivity index is 1.83. The van der Waals surface area contributed by atoms with Gasteiger partial charge in [0, 0.05) is 24.8 Å². The van der Waals surface area contributed by atoms with Crippen LogP contribution in [0, 0.1) is 5.92 Å². The molecule has 1 aromatic heterocycles. The second-order valence-corrected chi connectivity index (χ2v) is 5.69. The Morgan fingerprint density at radius 3 is 3.18 bits per heavy atom. The molecule has 0 spiro atoms. The Bertz CT molecular complexity index is 392. The average molecular weight is 254 g/mol. The SMILES string of the molecule is CN1CCC(Cc2nc(CCC(=O)O)cs2)C1. The molecule has 0 aliphatic carbocycles. The molecule has 0 aromatic carbocycles. The maximum atomic E-state index is 10.5. The molecule has 1 saturated heterocycles. The minimum absolute atomic E-state index is 0.176. The minimum atomic E-state index is -0.753. The van der Waals surface area contributed by atoms with E-state index in [1.807, 2.05) is 5.38 Å². The first-order valence-electron chi connectivity index (χ1n) is 5.97.